The molecule has 4 heterocycles. The lowest BCUT2D eigenvalue weighted by Gasteiger charge is -2.31. The predicted molar refractivity (Wildman–Crippen MR) is 147 cm³/mol. The van der Waals surface area contributed by atoms with Gasteiger partial charge < -0.3 is 29.9 Å². The number of hydrogen-bond acceptors (Lipinski definition) is 8. The summed E-state index contributed by atoms with van der Waals surface area (Å²) in [7, 11) is 5.37. The highest BCUT2D eigenvalue weighted by Gasteiger charge is 2.19. The number of ether oxygens (including phenoxy) is 1. The van der Waals surface area contributed by atoms with Gasteiger partial charge in [-0.3, -0.25) is 4.79 Å². The van der Waals surface area contributed by atoms with E-state index in [0.717, 1.165) is 37.2 Å². The SMILES string of the molecule is COc1cc(-c2cc(Nc3ccc(N4CCC(O)CC4)cn3)c3c(=O)[nH]ccc3n2)c(F)cc1CN(C)C. The number of aromatic nitrogens is 3. The third-order valence-corrected chi connectivity index (χ3v) is 6.70. The second-order valence-corrected chi connectivity index (χ2v) is 9.75. The molecule has 0 aliphatic carbocycles. The highest BCUT2D eigenvalue weighted by molar-refractivity contribution is 5.94. The van der Waals surface area contributed by atoms with Crippen molar-refractivity contribution in [3.63, 3.8) is 0 Å². The van der Waals surface area contributed by atoms with E-state index in [1.54, 1.807) is 31.5 Å². The molecule has 0 amide bonds. The monoisotopic (exact) mass is 518 g/mol. The van der Waals surface area contributed by atoms with Crippen LogP contribution in [0.1, 0.15) is 18.4 Å². The second-order valence-electron chi connectivity index (χ2n) is 9.75. The summed E-state index contributed by atoms with van der Waals surface area (Å²) < 4.78 is 20.9. The minimum atomic E-state index is -0.431. The Labute approximate surface area is 219 Å². The number of pyridine rings is 3. The molecule has 0 radical (unpaired) electrons. The van der Waals surface area contributed by atoms with Gasteiger partial charge >= 0.3 is 0 Å². The van der Waals surface area contributed by atoms with Crippen molar-refractivity contribution in [2.75, 3.05) is 44.5 Å². The number of rotatable bonds is 7. The van der Waals surface area contributed by atoms with Crippen LogP contribution < -0.4 is 20.5 Å². The van der Waals surface area contributed by atoms with Crippen LogP contribution >= 0.6 is 0 Å². The number of nitrogens with one attached hydrogen (secondary N) is 2. The second kappa shape index (κ2) is 10.8. The molecule has 4 aromatic rings. The van der Waals surface area contributed by atoms with Crippen LogP contribution in [0.15, 0.2) is 53.6 Å². The van der Waals surface area contributed by atoms with Crippen molar-refractivity contribution in [1.82, 2.24) is 19.9 Å². The molecule has 38 heavy (non-hydrogen) atoms. The Balaban J connectivity index is 1.52. The number of piperidine rings is 1. The molecule has 10 heteroatoms. The zero-order chi connectivity index (χ0) is 26.8. The number of halogens is 1. The van der Waals surface area contributed by atoms with Crippen LogP contribution in [0.2, 0.25) is 0 Å². The summed E-state index contributed by atoms with van der Waals surface area (Å²) in [5.74, 6) is 0.659. The van der Waals surface area contributed by atoms with E-state index in [2.05, 4.69) is 25.2 Å². The average molecular weight is 519 g/mol. The Morgan fingerprint density at radius 1 is 1.21 bits per heavy atom. The number of aliphatic hydroxyl groups excluding tert-OH is 1. The molecule has 1 aliphatic heterocycles. The van der Waals surface area contributed by atoms with Gasteiger partial charge in [0, 0.05) is 37.0 Å². The molecule has 0 spiro atoms. The van der Waals surface area contributed by atoms with Crippen molar-refractivity contribution in [2.45, 2.75) is 25.5 Å². The van der Waals surface area contributed by atoms with Crippen LogP contribution in [0.3, 0.4) is 0 Å². The fraction of sp³-hybridized carbons (Fsp3) is 0.321. The van der Waals surface area contributed by atoms with Crippen molar-refractivity contribution in [3.05, 3.63) is 70.5 Å². The predicted octanol–water partition coefficient (Wildman–Crippen LogP) is 3.90. The van der Waals surface area contributed by atoms with Crippen LogP contribution in [0.25, 0.3) is 22.2 Å². The largest absolute Gasteiger partial charge is 0.496 e. The van der Waals surface area contributed by atoms with Crippen LogP contribution in [-0.4, -0.2) is 65.4 Å². The third-order valence-electron chi connectivity index (χ3n) is 6.70. The Morgan fingerprint density at radius 2 is 2.00 bits per heavy atom. The first-order valence-corrected chi connectivity index (χ1v) is 12.5. The van der Waals surface area contributed by atoms with Gasteiger partial charge in [-0.15, -0.1) is 0 Å². The molecule has 0 saturated carbocycles. The number of hydrogen-bond donors (Lipinski definition) is 3. The number of H-pyrrole nitrogens is 1. The highest BCUT2D eigenvalue weighted by Crippen LogP contribution is 2.34. The van der Waals surface area contributed by atoms with Gasteiger partial charge in [-0.1, -0.05) is 0 Å². The Bertz CT molecular complexity index is 1500. The third kappa shape index (κ3) is 5.32. The quantitative estimate of drug-likeness (QED) is 0.338. The Morgan fingerprint density at radius 3 is 2.68 bits per heavy atom. The number of aromatic amines is 1. The van der Waals surface area contributed by atoms with Gasteiger partial charge in [0.25, 0.3) is 5.56 Å². The lowest BCUT2D eigenvalue weighted by Crippen LogP contribution is -2.35. The van der Waals surface area contributed by atoms with Crippen LogP contribution in [0.4, 0.5) is 21.6 Å². The fourth-order valence-corrected chi connectivity index (χ4v) is 4.78. The molecular weight excluding hydrogens is 487 g/mol. The molecule has 5 rings (SSSR count). The molecule has 1 aromatic carbocycles. The van der Waals surface area contributed by atoms with Crippen molar-refractivity contribution >= 4 is 28.1 Å². The Kier molecular flexibility index (Phi) is 7.26. The van der Waals surface area contributed by atoms with Gasteiger partial charge in [-0.25, -0.2) is 14.4 Å². The van der Waals surface area contributed by atoms with Gasteiger partial charge in [-0.2, -0.15) is 0 Å². The molecule has 198 valence electrons. The molecule has 1 fully saturated rings. The number of anilines is 3. The summed E-state index contributed by atoms with van der Waals surface area (Å²) in [5, 5.41) is 13.4. The first-order valence-electron chi connectivity index (χ1n) is 12.5. The smallest absolute Gasteiger partial charge is 0.259 e. The van der Waals surface area contributed by atoms with E-state index in [1.807, 2.05) is 31.1 Å². The first-order chi connectivity index (χ1) is 18.3. The molecule has 9 nitrogen and oxygen atoms in total. The highest BCUT2D eigenvalue weighted by atomic mass is 19.1. The molecule has 0 unspecified atom stereocenters. The van der Waals surface area contributed by atoms with E-state index in [1.165, 1.54) is 12.3 Å². The molecule has 0 atom stereocenters. The average Bonchev–Trinajstić information content (AvgIpc) is 2.89. The first kappa shape index (κ1) is 25.6. The summed E-state index contributed by atoms with van der Waals surface area (Å²) in [5.41, 5.74) is 2.89. The fourth-order valence-electron chi connectivity index (χ4n) is 4.78. The lowest BCUT2D eigenvalue weighted by molar-refractivity contribution is 0.145. The van der Waals surface area contributed by atoms with Gasteiger partial charge in [0.15, 0.2) is 0 Å². The topological polar surface area (TPSA) is 107 Å². The van der Waals surface area contributed by atoms with E-state index in [4.69, 9.17) is 4.74 Å². The molecule has 3 aromatic heterocycles. The van der Waals surface area contributed by atoms with Gasteiger partial charge in [-0.05, 0) is 63.3 Å². The van der Waals surface area contributed by atoms with E-state index < -0.39 is 5.82 Å². The summed E-state index contributed by atoms with van der Waals surface area (Å²) in [4.78, 5) is 28.7. The molecular formula is C28H31FN6O3. The summed E-state index contributed by atoms with van der Waals surface area (Å²) in [6.07, 6.45) is 4.49. The number of fused-ring (bicyclic) bond motifs is 1. The van der Waals surface area contributed by atoms with Crippen LogP contribution in [0, 0.1) is 5.82 Å². The van der Waals surface area contributed by atoms with Crippen molar-refractivity contribution in [1.29, 1.82) is 0 Å². The lowest BCUT2D eigenvalue weighted by atomic mass is 10.0. The molecule has 0 bridgehead atoms. The molecule has 1 aliphatic rings. The summed E-state index contributed by atoms with van der Waals surface area (Å²) >= 11 is 0. The minimum Gasteiger partial charge on any atom is -0.496 e. The van der Waals surface area contributed by atoms with Gasteiger partial charge in [0.05, 0.1) is 47.4 Å². The minimum absolute atomic E-state index is 0.249. The maximum Gasteiger partial charge on any atom is 0.259 e. The standard InChI is InChI=1S/C28H31FN6O3/c1-34(2)16-17-12-21(29)20(13-25(17)38-3)23-14-24(27-22(32-23)6-9-30-28(27)37)33-26-5-4-18(15-31-26)35-10-7-19(36)8-11-35/h4-6,9,12-15,19,36H,7-8,10-11,16H2,1-3H3,(H,30,37)(H,31,32,33). The van der Waals surface area contributed by atoms with Crippen molar-refractivity contribution < 1.29 is 14.2 Å². The summed E-state index contributed by atoms with van der Waals surface area (Å²) in [6, 6.07) is 10.2. The maximum atomic E-state index is 15.4. The molecule has 3 N–H and O–H groups in total. The number of nitrogens with zero attached hydrogens (tertiary/aromatic N) is 4. The van der Waals surface area contributed by atoms with E-state index in [-0.39, 0.29) is 17.2 Å². The van der Waals surface area contributed by atoms with Crippen LogP contribution in [0.5, 0.6) is 5.75 Å². The normalized spacial score (nSPS) is 14.3. The van der Waals surface area contributed by atoms with Crippen LogP contribution in [-0.2, 0) is 6.54 Å². The zero-order valence-corrected chi connectivity index (χ0v) is 21.7. The number of aliphatic hydroxyl groups is 1. The maximum absolute atomic E-state index is 15.4. The van der Waals surface area contributed by atoms with E-state index >= 15 is 4.39 Å². The summed E-state index contributed by atoms with van der Waals surface area (Å²) in [6.45, 7) is 2.06. The van der Waals surface area contributed by atoms with Gasteiger partial charge in [0.2, 0.25) is 0 Å². The van der Waals surface area contributed by atoms with E-state index in [0.29, 0.717) is 40.4 Å². The van der Waals surface area contributed by atoms with E-state index in [9.17, 15) is 9.90 Å². The van der Waals surface area contributed by atoms with Gasteiger partial charge in [0.1, 0.15) is 17.4 Å². The van der Waals surface area contributed by atoms with Crippen molar-refractivity contribution in [3.8, 4) is 17.0 Å². The molecule has 1 saturated heterocycles. The number of benzene rings is 1. The Hall–Kier alpha value is -4.02. The zero-order valence-electron chi connectivity index (χ0n) is 21.7. The van der Waals surface area contributed by atoms with Crippen molar-refractivity contribution in [2.24, 2.45) is 0 Å². The number of methoxy groups -OCH3 is 1.